The van der Waals surface area contributed by atoms with Crippen LogP contribution in [0.15, 0.2) is 77.9 Å². The number of thiazole rings is 1. The van der Waals surface area contributed by atoms with Gasteiger partial charge in [0, 0.05) is 11.1 Å². The number of nitrogens with zero attached hydrogens (tertiary/aromatic N) is 2. The zero-order chi connectivity index (χ0) is 24.5. The lowest BCUT2D eigenvalue weighted by atomic mass is 10.0. The SMILES string of the molecule is CCCCCCOc1ccccc1/C=N\Nc1nc(-c2ccc(C)c(C)c2)c(-c2ccccc2)s1. The Kier molecular flexibility index (Phi) is 8.68. The lowest BCUT2D eigenvalue weighted by Crippen LogP contribution is -2.00. The minimum absolute atomic E-state index is 0.727. The summed E-state index contributed by atoms with van der Waals surface area (Å²) in [6.07, 6.45) is 6.55. The molecule has 0 atom stereocenters. The fraction of sp³-hybridized carbons (Fsp3) is 0.267. The van der Waals surface area contributed by atoms with Gasteiger partial charge in [0.15, 0.2) is 0 Å². The lowest BCUT2D eigenvalue weighted by Gasteiger charge is -2.08. The average Bonchev–Trinajstić information content (AvgIpc) is 3.31. The topological polar surface area (TPSA) is 46.5 Å². The van der Waals surface area contributed by atoms with Gasteiger partial charge in [-0.2, -0.15) is 5.10 Å². The molecule has 35 heavy (non-hydrogen) atoms. The second-order valence-electron chi connectivity index (χ2n) is 8.68. The number of hydrogen-bond acceptors (Lipinski definition) is 5. The lowest BCUT2D eigenvalue weighted by molar-refractivity contribution is 0.304. The first-order chi connectivity index (χ1) is 17.2. The van der Waals surface area contributed by atoms with Gasteiger partial charge in [-0.3, -0.25) is 5.43 Å². The smallest absolute Gasteiger partial charge is 0.204 e. The van der Waals surface area contributed by atoms with Gasteiger partial charge in [-0.15, -0.1) is 0 Å². The predicted molar refractivity (Wildman–Crippen MR) is 150 cm³/mol. The van der Waals surface area contributed by atoms with Crippen molar-refractivity contribution in [3.63, 3.8) is 0 Å². The molecule has 0 amide bonds. The number of nitrogens with one attached hydrogen (secondary N) is 1. The van der Waals surface area contributed by atoms with Gasteiger partial charge in [0.25, 0.3) is 0 Å². The molecule has 0 aliphatic carbocycles. The number of anilines is 1. The van der Waals surface area contributed by atoms with Crippen LogP contribution in [0.1, 0.15) is 49.3 Å². The van der Waals surface area contributed by atoms with E-state index in [1.54, 1.807) is 17.6 Å². The first-order valence-corrected chi connectivity index (χ1v) is 13.1. The summed E-state index contributed by atoms with van der Waals surface area (Å²) in [6, 6.07) is 24.9. The fourth-order valence-corrected chi connectivity index (χ4v) is 4.77. The van der Waals surface area contributed by atoms with Gasteiger partial charge < -0.3 is 4.74 Å². The van der Waals surface area contributed by atoms with E-state index in [-0.39, 0.29) is 0 Å². The number of aryl methyl sites for hydroxylation is 2. The quantitative estimate of drug-likeness (QED) is 0.132. The normalized spacial score (nSPS) is 11.2. The number of aromatic nitrogens is 1. The van der Waals surface area contributed by atoms with E-state index in [0.29, 0.717) is 0 Å². The molecule has 0 fully saturated rings. The van der Waals surface area contributed by atoms with Crippen molar-refractivity contribution < 1.29 is 4.74 Å². The maximum absolute atomic E-state index is 6.01. The van der Waals surface area contributed by atoms with Crippen LogP contribution < -0.4 is 10.2 Å². The zero-order valence-corrected chi connectivity index (χ0v) is 21.6. The van der Waals surface area contributed by atoms with Crippen LogP contribution in [0.5, 0.6) is 5.75 Å². The van der Waals surface area contributed by atoms with E-state index < -0.39 is 0 Å². The largest absolute Gasteiger partial charge is 0.493 e. The van der Waals surface area contributed by atoms with Gasteiger partial charge in [-0.25, -0.2) is 4.98 Å². The Morgan fingerprint density at radius 3 is 2.49 bits per heavy atom. The molecular weight excluding hydrogens is 450 g/mol. The van der Waals surface area contributed by atoms with Gasteiger partial charge >= 0.3 is 0 Å². The Labute approximate surface area is 212 Å². The van der Waals surface area contributed by atoms with Gasteiger partial charge in [-0.05, 0) is 55.2 Å². The van der Waals surface area contributed by atoms with E-state index >= 15 is 0 Å². The molecule has 4 nitrogen and oxygen atoms in total. The highest BCUT2D eigenvalue weighted by Crippen LogP contribution is 2.39. The van der Waals surface area contributed by atoms with Gasteiger partial charge in [0.1, 0.15) is 5.75 Å². The maximum atomic E-state index is 6.01. The van der Waals surface area contributed by atoms with Crippen LogP contribution in [-0.2, 0) is 0 Å². The van der Waals surface area contributed by atoms with E-state index in [1.165, 1.54) is 30.4 Å². The summed E-state index contributed by atoms with van der Waals surface area (Å²) in [5.41, 5.74) is 9.87. The van der Waals surface area contributed by atoms with Crippen LogP contribution in [-0.4, -0.2) is 17.8 Å². The summed E-state index contributed by atoms with van der Waals surface area (Å²) in [7, 11) is 0. The van der Waals surface area contributed by atoms with E-state index in [9.17, 15) is 0 Å². The van der Waals surface area contributed by atoms with Crippen LogP contribution in [0.3, 0.4) is 0 Å². The molecule has 0 saturated carbocycles. The first-order valence-electron chi connectivity index (χ1n) is 12.3. The Morgan fingerprint density at radius 2 is 1.69 bits per heavy atom. The number of unbranched alkanes of at least 4 members (excludes halogenated alkanes) is 3. The van der Waals surface area contributed by atoms with Gasteiger partial charge in [0.05, 0.1) is 23.4 Å². The molecule has 1 aromatic heterocycles. The highest BCUT2D eigenvalue weighted by molar-refractivity contribution is 7.19. The predicted octanol–water partition coefficient (Wildman–Crippen LogP) is 8.50. The fourth-order valence-electron chi connectivity index (χ4n) is 3.82. The van der Waals surface area contributed by atoms with Crippen molar-refractivity contribution in [2.24, 2.45) is 5.10 Å². The zero-order valence-electron chi connectivity index (χ0n) is 20.8. The molecule has 0 aliphatic heterocycles. The van der Waals surface area contributed by atoms with Crippen molar-refractivity contribution in [3.05, 3.63) is 89.5 Å². The number of ether oxygens (including phenoxy) is 1. The number of rotatable bonds is 11. The van der Waals surface area contributed by atoms with Gasteiger partial charge in [0.2, 0.25) is 5.13 Å². The molecule has 4 rings (SSSR count). The second kappa shape index (κ2) is 12.3. The van der Waals surface area contributed by atoms with Crippen molar-refractivity contribution in [2.75, 3.05) is 12.0 Å². The summed E-state index contributed by atoms with van der Waals surface area (Å²) in [6.45, 7) is 7.22. The average molecular weight is 484 g/mol. The van der Waals surface area contributed by atoms with Crippen molar-refractivity contribution in [2.45, 2.75) is 46.5 Å². The third-order valence-corrected chi connectivity index (χ3v) is 6.99. The van der Waals surface area contributed by atoms with Crippen LogP contribution in [0, 0.1) is 13.8 Å². The van der Waals surface area contributed by atoms with Crippen molar-refractivity contribution in [1.82, 2.24) is 4.98 Å². The van der Waals surface area contributed by atoms with Crippen LogP contribution in [0.4, 0.5) is 5.13 Å². The number of para-hydroxylation sites is 1. The van der Waals surface area contributed by atoms with Crippen molar-refractivity contribution >= 4 is 22.7 Å². The molecule has 0 spiro atoms. The van der Waals surface area contributed by atoms with Crippen molar-refractivity contribution in [1.29, 1.82) is 0 Å². The molecule has 5 heteroatoms. The molecule has 3 aromatic carbocycles. The van der Waals surface area contributed by atoms with E-state index in [4.69, 9.17) is 9.72 Å². The van der Waals surface area contributed by atoms with E-state index in [0.717, 1.165) is 51.2 Å². The molecule has 0 radical (unpaired) electrons. The molecule has 4 aromatic rings. The number of benzene rings is 3. The highest BCUT2D eigenvalue weighted by Gasteiger charge is 2.15. The summed E-state index contributed by atoms with van der Waals surface area (Å²) in [4.78, 5) is 6.05. The molecule has 1 N–H and O–H groups in total. The molecule has 0 saturated heterocycles. The van der Waals surface area contributed by atoms with Crippen LogP contribution >= 0.6 is 11.3 Å². The number of hydrazone groups is 1. The molecule has 0 aliphatic rings. The molecule has 0 unspecified atom stereocenters. The number of hydrogen-bond donors (Lipinski definition) is 1. The van der Waals surface area contributed by atoms with E-state index in [1.807, 2.05) is 30.3 Å². The van der Waals surface area contributed by atoms with E-state index in [2.05, 4.69) is 73.8 Å². The summed E-state index contributed by atoms with van der Waals surface area (Å²) in [5.74, 6) is 0.856. The molecule has 0 bridgehead atoms. The molecular formula is C30H33N3OS. The third-order valence-electron chi connectivity index (χ3n) is 5.98. The Morgan fingerprint density at radius 1 is 0.886 bits per heavy atom. The minimum Gasteiger partial charge on any atom is -0.493 e. The Bertz CT molecular complexity index is 1260. The Balaban J connectivity index is 1.53. The van der Waals surface area contributed by atoms with Crippen molar-refractivity contribution in [3.8, 4) is 27.4 Å². The molecule has 1 heterocycles. The third kappa shape index (κ3) is 6.58. The molecule has 180 valence electrons. The van der Waals surface area contributed by atoms with Crippen LogP contribution in [0.2, 0.25) is 0 Å². The summed E-state index contributed by atoms with van der Waals surface area (Å²) < 4.78 is 6.01. The highest BCUT2D eigenvalue weighted by atomic mass is 32.1. The monoisotopic (exact) mass is 483 g/mol. The Hall–Kier alpha value is -3.44. The summed E-state index contributed by atoms with van der Waals surface area (Å²) >= 11 is 1.61. The second-order valence-corrected chi connectivity index (χ2v) is 9.68. The van der Waals surface area contributed by atoms with Gasteiger partial charge in [-0.1, -0.05) is 92.1 Å². The minimum atomic E-state index is 0.727. The summed E-state index contributed by atoms with van der Waals surface area (Å²) in [5, 5.41) is 5.25. The van der Waals surface area contributed by atoms with Crippen LogP contribution in [0.25, 0.3) is 21.7 Å². The first kappa shape index (κ1) is 24.7. The maximum Gasteiger partial charge on any atom is 0.204 e. The standard InChI is InChI=1S/C30H33N3OS/c1-4-5-6-12-19-34-27-16-11-10-15-26(27)21-31-33-30-32-28(25-18-17-22(2)23(3)20-25)29(35-30)24-13-8-7-9-14-24/h7-11,13-18,20-21H,4-6,12,19H2,1-3H3,(H,32,33)/b31-21-.